The van der Waals surface area contributed by atoms with Crippen LogP contribution in [0.4, 0.5) is 22.8 Å². The maximum Gasteiger partial charge on any atom is 0.410 e. The Balaban J connectivity index is 0.000000232. The van der Waals surface area contributed by atoms with Gasteiger partial charge in [0.15, 0.2) is 5.78 Å². The maximum absolute atomic E-state index is 13.4. The molecule has 1 radical (unpaired) electrons. The van der Waals surface area contributed by atoms with Crippen molar-refractivity contribution in [3.63, 3.8) is 0 Å². The molecule has 3 fully saturated rings. The van der Waals surface area contributed by atoms with Gasteiger partial charge in [0.2, 0.25) is 0 Å². The SMILES string of the molecule is CC(=O)O.CC(=O)O.CC(C(=O)c1ccc(F)cc1)c1ccncc1.CC(C)(C)OC(=O)N1CCC(C=O)CC1.CC(C)(C)OC(=O)N1CCC(c2nc(-c3ccc(F)cc3)c(-c3ccncc3)[nH]2)CC1.CN1CCC(c2nc(-c3ccc(F)cc3)c(-c3ccncc3)[nH]2)CC1.[Cu]. The van der Waals surface area contributed by atoms with Crippen LogP contribution in [-0.2, 0) is 40.9 Å². The Morgan fingerprint density at radius 1 is 0.515 bits per heavy atom. The van der Waals surface area contributed by atoms with Crippen LogP contribution in [0.5, 0.6) is 0 Å². The van der Waals surface area contributed by atoms with E-state index in [2.05, 4.69) is 36.9 Å². The molecular weight excluding hydrogens is 1300 g/mol. The predicted molar refractivity (Wildman–Crippen MR) is 360 cm³/mol. The number of carbonyl (C=O) groups excluding carboxylic acids is 4. The van der Waals surface area contributed by atoms with Gasteiger partial charge in [-0.15, -0.1) is 0 Å². The number of benzene rings is 3. The summed E-state index contributed by atoms with van der Waals surface area (Å²) in [6.45, 7) is 19.8. The van der Waals surface area contributed by atoms with Crippen molar-refractivity contribution in [3.05, 3.63) is 187 Å². The quantitative estimate of drug-likeness (QED) is 0.0563. The van der Waals surface area contributed by atoms with Crippen LogP contribution in [0.15, 0.2) is 146 Å². The maximum atomic E-state index is 13.4. The molecule has 97 heavy (non-hydrogen) atoms. The average molecular weight is 1390 g/mol. The van der Waals surface area contributed by atoms with E-state index in [1.807, 2.05) is 84.9 Å². The molecule has 11 rings (SSSR count). The second-order valence-electron chi connectivity index (χ2n) is 25.3. The fraction of sp³-hybridized carbons (Fsp3) is 0.384. The van der Waals surface area contributed by atoms with Crippen LogP contribution in [0, 0.1) is 23.4 Å². The second kappa shape index (κ2) is 37.8. The van der Waals surface area contributed by atoms with Gasteiger partial charge in [0.25, 0.3) is 11.9 Å². The monoisotopic (exact) mass is 1380 g/mol. The number of pyridine rings is 3. The Hall–Kier alpha value is -9.38. The number of likely N-dealkylation sites (tertiary alicyclic amines) is 3. The molecule has 3 aliphatic heterocycles. The summed E-state index contributed by atoms with van der Waals surface area (Å²) in [7, 11) is 2.16. The van der Waals surface area contributed by atoms with Crippen molar-refractivity contribution >= 4 is 36.2 Å². The molecule has 2 amide bonds. The van der Waals surface area contributed by atoms with Crippen LogP contribution in [0.3, 0.4) is 0 Å². The van der Waals surface area contributed by atoms with Crippen LogP contribution < -0.4 is 0 Å². The number of H-pyrrole nitrogens is 2. The first kappa shape index (κ1) is 78.3. The third-order valence-electron chi connectivity index (χ3n) is 15.4. The van der Waals surface area contributed by atoms with E-state index in [4.69, 9.17) is 39.2 Å². The largest absolute Gasteiger partial charge is 0.481 e. The first-order valence-corrected chi connectivity index (χ1v) is 31.8. The third kappa shape index (κ3) is 25.9. The van der Waals surface area contributed by atoms with Gasteiger partial charge in [0.1, 0.15) is 46.6 Å². The zero-order valence-electron chi connectivity index (χ0n) is 56.4. The molecule has 1 atom stereocenters. The number of imidazole rings is 2. The van der Waals surface area contributed by atoms with Gasteiger partial charge in [-0.05, 0) is 215 Å². The first-order valence-electron chi connectivity index (χ1n) is 31.8. The normalized spacial score (nSPS) is 14.6. The Bertz CT molecular complexity index is 3720. The van der Waals surface area contributed by atoms with Gasteiger partial charge in [-0.1, -0.05) is 6.92 Å². The minimum atomic E-state index is -0.833. The van der Waals surface area contributed by atoms with Gasteiger partial charge < -0.3 is 49.1 Å². The number of ether oxygens (including phenoxy) is 2. The number of Topliss-reactive ketones (excluding diaryl/α,β-unsaturated/α-hetero) is 1. The molecule has 0 bridgehead atoms. The Morgan fingerprint density at radius 3 is 1.18 bits per heavy atom. The molecule has 24 heteroatoms. The molecule has 1 unspecified atom stereocenters. The number of nitrogens with one attached hydrogen (secondary N) is 2. The molecule has 20 nitrogen and oxygen atoms in total. The number of rotatable bonds is 10. The molecule has 8 aromatic rings. The minimum Gasteiger partial charge on any atom is -0.481 e. The van der Waals surface area contributed by atoms with Crippen LogP contribution in [0.2, 0.25) is 0 Å². The summed E-state index contributed by atoms with van der Waals surface area (Å²) in [6.07, 6.45) is 16.1. The Labute approximate surface area is 575 Å². The summed E-state index contributed by atoms with van der Waals surface area (Å²) < 4.78 is 50.3. The van der Waals surface area contributed by atoms with Crippen molar-refractivity contribution in [3.8, 4) is 45.0 Å². The first-order chi connectivity index (χ1) is 45.6. The fourth-order valence-corrected chi connectivity index (χ4v) is 10.4. The zero-order chi connectivity index (χ0) is 70.1. The molecule has 0 spiro atoms. The number of amides is 2. The Kier molecular flexibility index (Phi) is 30.5. The second-order valence-corrected chi connectivity index (χ2v) is 25.3. The number of halogens is 3. The van der Waals surface area contributed by atoms with Gasteiger partial charge >= 0.3 is 12.2 Å². The number of carboxylic acid groups (broad SMARTS) is 2. The van der Waals surface area contributed by atoms with Gasteiger partial charge in [-0.25, -0.2) is 32.7 Å². The smallest absolute Gasteiger partial charge is 0.410 e. The zero-order valence-corrected chi connectivity index (χ0v) is 57.3. The fourth-order valence-electron chi connectivity index (χ4n) is 10.4. The number of carbonyl (C=O) groups is 6. The third-order valence-corrected chi connectivity index (χ3v) is 15.4. The molecule has 3 saturated heterocycles. The van der Waals surface area contributed by atoms with E-state index < -0.39 is 23.1 Å². The molecule has 3 aliphatic rings. The van der Waals surface area contributed by atoms with Crippen molar-refractivity contribution in [2.75, 3.05) is 46.3 Å². The molecule has 3 aromatic carbocycles. The molecule has 4 N–H and O–H groups in total. The van der Waals surface area contributed by atoms with Gasteiger partial charge in [-0.3, -0.25) is 29.3 Å². The van der Waals surface area contributed by atoms with Crippen LogP contribution in [0.25, 0.3) is 45.0 Å². The van der Waals surface area contributed by atoms with Crippen molar-refractivity contribution < 1.29 is 78.7 Å². The number of aromatic amines is 2. The van der Waals surface area contributed by atoms with Gasteiger partial charge in [-0.2, -0.15) is 0 Å². The van der Waals surface area contributed by atoms with Crippen molar-refractivity contribution in [1.29, 1.82) is 0 Å². The van der Waals surface area contributed by atoms with Crippen molar-refractivity contribution in [1.82, 2.24) is 49.6 Å². The number of aliphatic carboxylic acids is 2. The van der Waals surface area contributed by atoms with Crippen LogP contribution in [-0.4, -0.2) is 154 Å². The van der Waals surface area contributed by atoms with E-state index >= 15 is 0 Å². The number of aromatic nitrogens is 7. The summed E-state index contributed by atoms with van der Waals surface area (Å²) in [5.74, 6) is -0.116. The number of hydrogen-bond donors (Lipinski definition) is 4. The van der Waals surface area contributed by atoms with Crippen molar-refractivity contribution in [2.45, 2.75) is 130 Å². The van der Waals surface area contributed by atoms with E-state index in [1.165, 1.54) is 48.5 Å². The van der Waals surface area contributed by atoms with Crippen molar-refractivity contribution in [2.24, 2.45) is 5.92 Å². The average Bonchev–Trinajstić information content (AvgIpc) is 1.66. The Morgan fingerprint density at radius 2 is 0.835 bits per heavy atom. The number of aldehydes is 1. The summed E-state index contributed by atoms with van der Waals surface area (Å²) in [5.41, 5.74) is 7.80. The number of nitrogens with zero attached hydrogens (tertiary/aromatic N) is 8. The van der Waals surface area contributed by atoms with E-state index in [9.17, 15) is 32.3 Å². The molecule has 8 heterocycles. The summed E-state index contributed by atoms with van der Waals surface area (Å²) >= 11 is 0. The van der Waals surface area contributed by atoms with Crippen LogP contribution >= 0.6 is 0 Å². The standard InChI is InChI=1S/C24H27FN4O2.C20H21FN4.C14H12FNO.C11H19NO3.2C2H4O2.Cu/c1-24(2,3)31-23(30)29-14-10-18(11-15-29)22-27-20(16-4-6-19(25)7-5-16)21(28-22)17-8-12-26-13-9-17;1-25-12-8-16(9-13-25)20-23-18(14-2-4-17(21)5-3-14)19(24-20)15-6-10-22-11-7-15;1-10(11-6-8-16-9-7-11)14(17)12-2-4-13(15)5-3-12;1-11(2,3)15-10(14)12-6-4-9(8-13)5-7-12;2*1-2(3)4;/h4-9,12-13,18H,10-11,14-15H2,1-3H3,(H,27,28);2-7,10-11,16H,8-9,12-13H2,1H3,(H,23,24);2-10H,1H3;8-9H,4-7H2,1-3H3;2*1H3,(H,3,4);. The topological polar surface area (TPSA) is 267 Å². The van der Waals surface area contributed by atoms with Crippen LogP contribution in [0.1, 0.15) is 146 Å². The summed E-state index contributed by atoms with van der Waals surface area (Å²) in [4.78, 5) is 99.4. The van der Waals surface area contributed by atoms with E-state index in [-0.39, 0.29) is 70.2 Å². The molecule has 521 valence electrons. The predicted octanol–water partition coefficient (Wildman–Crippen LogP) is 14.7. The number of carboxylic acids is 2. The minimum absolute atomic E-state index is 0. The van der Waals surface area contributed by atoms with Gasteiger partial charge in [0.05, 0.1) is 22.8 Å². The van der Waals surface area contributed by atoms with E-state index in [1.54, 1.807) is 71.2 Å². The molecule has 0 aliphatic carbocycles. The number of piperidine rings is 3. The molecule has 0 saturated carbocycles. The summed E-state index contributed by atoms with van der Waals surface area (Å²) in [5, 5.41) is 14.8. The summed E-state index contributed by atoms with van der Waals surface area (Å²) in [6, 6.07) is 29.9. The number of ketones is 1. The number of hydrogen-bond acceptors (Lipinski definition) is 14. The van der Waals surface area contributed by atoms with Gasteiger partial charge in [0, 0.05) is 146 Å². The molecular formula is C73H87CuF3N10O10. The van der Waals surface area contributed by atoms with E-state index in [0.29, 0.717) is 37.7 Å². The molecule has 5 aromatic heterocycles. The van der Waals surface area contributed by atoms with E-state index in [0.717, 1.165) is 134 Å².